The van der Waals surface area contributed by atoms with Crippen molar-refractivity contribution in [2.45, 2.75) is 19.9 Å². The summed E-state index contributed by atoms with van der Waals surface area (Å²) in [5.74, 6) is 0.440. The first kappa shape index (κ1) is 12.5. The van der Waals surface area contributed by atoms with Crippen LogP contribution in [0.15, 0.2) is 24.3 Å². The van der Waals surface area contributed by atoms with E-state index in [0.717, 1.165) is 5.56 Å². The van der Waals surface area contributed by atoms with Crippen molar-refractivity contribution in [3.05, 3.63) is 29.8 Å². The van der Waals surface area contributed by atoms with Crippen molar-refractivity contribution < 1.29 is 14.6 Å². The van der Waals surface area contributed by atoms with Crippen LogP contribution >= 0.6 is 0 Å². The molecule has 1 aromatic carbocycles. The summed E-state index contributed by atoms with van der Waals surface area (Å²) < 4.78 is 5.30. The van der Waals surface area contributed by atoms with E-state index in [4.69, 9.17) is 9.84 Å². The Labute approximate surface area is 95.2 Å². The van der Waals surface area contributed by atoms with Crippen LogP contribution in [0, 0.1) is 6.92 Å². The molecule has 2 N–H and O–H groups in total. The maximum Gasteiger partial charge on any atom is 0.258 e. The normalized spacial score (nSPS) is 11.9. The smallest absolute Gasteiger partial charge is 0.258 e. The van der Waals surface area contributed by atoms with E-state index in [-0.39, 0.29) is 25.2 Å². The van der Waals surface area contributed by atoms with Gasteiger partial charge in [-0.25, -0.2) is 0 Å². The Balaban J connectivity index is 2.37. The second-order valence-electron chi connectivity index (χ2n) is 3.76. The van der Waals surface area contributed by atoms with Gasteiger partial charge in [0.25, 0.3) is 5.91 Å². The summed E-state index contributed by atoms with van der Waals surface area (Å²) in [5, 5.41) is 11.4. The quantitative estimate of drug-likeness (QED) is 0.778. The van der Waals surface area contributed by atoms with Crippen LogP contribution in [0.2, 0.25) is 0 Å². The monoisotopic (exact) mass is 223 g/mol. The number of nitrogens with one attached hydrogen (secondary N) is 1. The summed E-state index contributed by atoms with van der Waals surface area (Å²) in [4.78, 5) is 11.3. The van der Waals surface area contributed by atoms with E-state index in [1.165, 1.54) is 0 Å². The van der Waals surface area contributed by atoms with Gasteiger partial charge in [0.2, 0.25) is 0 Å². The molecule has 4 nitrogen and oxygen atoms in total. The molecule has 0 aromatic heterocycles. The number of aliphatic hydroxyl groups is 1. The van der Waals surface area contributed by atoms with E-state index in [1.54, 1.807) is 13.0 Å². The average molecular weight is 223 g/mol. The highest BCUT2D eigenvalue weighted by Crippen LogP contribution is 2.11. The van der Waals surface area contributed by atoms with Crippen LogP contribution in [0.4, 0.5) is 0 Å². The lowest BCUT2D eigenvalue weighted by Crippen LogP contribution is -2.38. The van der Waals surface area contributed by atoms with Gasteiger partial charge in [-0.3, -0.25) is 4.79 Å². The first-order valence-electron chi connectivity index (χ1n) is 5.21. The molecule has 0 unspecified atom stereocenters. The topological polar surface area (TPSA) is 58.6 Å². The van der Waals surface area contributed by atoms with Gasteiger partial charge in [-0.2, -0.15) is 0 Å². The van der Waals surface area contributed by atoms with Gasteiger partial charge in [0.15, 0.2) is 6.61 Å². The van der Waals surface area contributed by atoms with Crippen molar-refractivity contribution in [3.63, 3.8) is 0 Å². The van der Waals surface area contributed by atoms with Crippen LogP contribution in [0.5, 0.6) is 5.75 Å². The molecule has 0 saturated heterocycles. The standard InChI is InChI=1S/C12H17NO3/c1-9-4-3-5-11(6-9)16-8-12(15)13-10(2)7-14/h3-6,10,14H,7-8H2,1-2H3,(H,13,15)/t10-/m0/s1. The molecule has 0 aliphatic carbocycles. The fourth-order valence-corrected chi connectivity index (χ4v) is 1.22. The fourth-order valence-electron chi connectivity index (χ4n) is 1.22. The zero-order valence-electron chi connectivity index (χ0n) is 9.56. The molecule has 1 atom stereocenters. The molecule has 0 saturated carbocycles. The van der Waals surface area contributed by atoms with E-state index in [1.807, 2.05) is 25.1 Å². The van der Waals surface area contributed by atoms with Crippen molar-refractivity contribution in [1.29, 1.82) is 0 Å². The summed E-state index contributed by atoms with van der Waals surface area (Å²) in [5.41, 5.74) is 1.08. The van der Waals surface area contributed by atoms with E-state index in [0.29, 0.717) is 5.75 Å². The van der Waals surface area contributed by atoms with Crippen molar-refractivity contribution in [2.24, 2.45) is 0 Å². The lowest BCUT2D eigenvalue weighted by Gasteiger charge is -2.11. The Morgan fingerprint density at radius 2 is 2.31 bits per heavy atom. The molecule has 0 spiro atoms. The van der Waals surface area contributed by atoms with Gasteiger partial charge in [0.1, 0.15) is 5.75 Å². The van der Waals surface area contributed by atoms with Crippen molar-refractivity contribution >= 4 is 5.91 Å². The number of aliphatic hydroxyl groups excluding tert-OH is 1. The van der Waals surface area contributed by atoms with Gasteiger partial charge in [-0.15, -0.1) is 0 Å². The molecule has 16 heavy (non-hydrogen) atoms. The summed E-state index contributed by atoms with van der Waals surface area (Å²) in [6.07, 6.45) is 0. The zero-order valence-corrected chi connectivity index (χ0v) is 9.56. The fraction of sp³-hybridized carbons (Fsp3) is 0.417. The minimum Gasteiger partial charge on any atom is -0.484 e. The largest absolute Gasteiger partial charge is 0.484 e. The molecule has 1 rings (SSSR count). The maximum absolute atomic E-state index is 11.3. The van der Waals surface area contributed by atoms with Crippen LogP contribution in [0.3, 0.4) is 0 Å². The van der Waals surface area contributed by atoms with Gasteiger partial charge in [-0.1, -0.05) is 12.1 Å². The SMILES string of the molecule is Cc1cccc(OCC(=O)N[C@@H](C)CO)c1. The van der Waals surface area contributed by atoms with Crippen LogP contribution in [0.25, 0.3) is 0 Å². The van der Waals surface area contributed by atoms with Gasteiger partial charge >= 0.3 is 0 Å². The lowest BCUT2D eigenvalue weighted by molar-refractivity contribution is -0.123. The second kappa shape index (κ2) is 6.12. The van der Waals surface area contributed by atoms with Gasteiger partial charge in [0, 0.05) is 6.04 Å². The summed E-state index contributed by atoms with van der Waals surface area (Å²) in [6, 6.07) is 7.26. The number of rotatable bonds is 5. The number of ether oxygens (including phenoxy) is 1. The summed E-state index contributed by atoms with van der Waals surface area (Å²) >= 11 is 0. The number of carbonyl (C=O) groups is 1. The van der Waals surface area contributed by atoms with E-state index >= 15 is 0 Å². The Hall–Kier alpha value is -1.55. The lowest BCUT2D eigenvalue weighted by atomic mass is 10.2. The number of benzene rings is 1. The van der Waals surface area contributed by atoms with Crippen molar-refractivity contribution in [2.75, 3.05) is 13.2 Å². The van der Waals surface area contributed by atoms with Crippen molar-refractivity contribution in [1.82, 2.24) is 5.32 Å². The number of aryl methyl sites for hydroxylation is 1. The van der Waals surface area contributed by atoms with Gasteiger partial charge in [-0.05, 0) is 31.5 Å². The molecule has 0 aliphatic heterocycles. The summed E-state index contributed by atoms with van der Waals surface area (Å²) in [6.45, 7) is 3.58. The number of amides is 1. The van der Waals surface area contributed by atoms with E-state index in [9.17, 15) is 4.79 Å². The zero-order chi connectivity index (χ0) is 12.0. The third-order valence-corrected chi connectivity index (χ3v) is 2.04. The molecule has 88 valence electrons. The number of hydrogen-bond donors (Lipinski definition) is 2. The highest BCUT2D eigenvalue weighted by molar-refractivity contribution is 5.77. The third kappa shape index (κ3) is 4.31. The van der Waals surface area contributed by atoms with Crippen molar-refractivity contribution in [3.8, 4) is 5.75 Å². The highest BCUT2D eigenvalue weighted by atomic mass is 16.5. The summed E-state index contributed by atoms with van der Waals surface area (Å²) in [7, 11) is 0. The molecule has 1 amide bonds. The van der Waals surface area contributed by atoms with Crippen LogP contribution in [-0.2, 0) is 4.79 Å². The number of carbonyl (C=O) groups excluding carboxylic acids is 1. The molecule has 0 radical (unpaired) electrons. The molecule has 0 bridgehead atoms. The maximum atomic E-state index is 11.3. The van der Waals surface area contributed by atoms with Crippen LogP contribution < -0.4 is 10.1 Å². The highest BCUT2D eigenvalue weighted by Gasteiger charge is 2.06. The molecule has 0 aliphatic rings. The van der Waals surface area contributed by atoms with E-state index < -0.39 is 0 Å². The predicted octanol–water partition coefficient (Wildman–Crippen LogP) is 0.871. The van der Waals surface area contributed by atoms with Gasteiger partial charge in [0.05, 0.1) is 6.61 Å². The number of hydrogen-bond acceptors (Lipinski definition) is 3. The molecule has 0 heterocycles. The minimum atomic E-state index is -0.242. The minimum absolute atomic E-state index is 0.0339. The van der Waals surface area contributed by atoms with Crippen LogP contribution in [0.1, 0.15) is 12.5 Å². The molecular formula is C12H17NO3. The van der Waals surface area contributed by atoms with Crippen LogP contribution in [-0.4, -0.2) is 30.3 Å². The van der Waals surface area contributed by atoms with Gasteiger partial charge < -0.3 is 15.2 Å². The second-order valence-corrected chi connectivity index (χ2v) is 3.76. The Kier molecular flexibility index (Phi) is 4.79. The van der Waals surface area contributed by atoms with E-state index in [2.05, 4.69) is 5.32 Å². The Morgan fingerprint density at radius 1 is 1.56 bits per heavy atom. The Morgan fingerprint density at radius 3 is 2.94 bits per heavy atom. The Bertz CT molecular complexity index is 352. The first-order chi connectivity index (χ1) is 7.61. The third-order valence-electron chi connectivity index (χ3n) is 2.04. The molecule has 1 aromatic rings. The first-order valence-corrected chi connectivity index (χ1v) is 5.21. The molecular weight excluding hydrogens is 206 g/mol. The average Bonchev–Trinajstić information content (AvgIpc) is 2.26. The molecule has 0 fully saturated rings. The molecule has 4 heteroatoms. The predicted molar refractivity (Wildman–Crippen MR) is 61.4 cm³/mol.